The quantitative estimate of drug-likeness (QED) is 0.0186. The van der Waals surface area contributed by atoms with Crippen LogP contribution in [0.1, 0.15) is 128 Å². The number of likely N-dealkylation sites (tertiary alicyclic amines) is 4. The molecule has 8 rings (SSSR count). The molecular formula is C75H121ClIN9O20. The SMILES string of the molecule is C=CCN(CC=O)C(=O)OC(C)(C)C.CC(C)(C)OC(=O)N1CC(CO)[C@@H](N)C1.CC(C)(C)OC(=O)N1CC(CO)[C@@H](NC(=O)OCc2ccccc2)C1.CC(C)(C)OC(=O)N1CC2CON([C@@H](CO)c3ccccc3)[C@H]2C1.CC(C)(C)OC(=O)N1C[C@@H](CO)[C@@H](N)C1.CI.O=C(Cl)OCc1ccccc1.[HH]. The van der Waals surface area contributed by atoms with E-state index in [0.29, 0.717) is 65.3 Å². The maximum absolute atomic E-state index is 12.3. The van der Waals surface area contributed by atoms with Gasteiger partial charge in [0.2, 0.25) is 0 Å². The fourth-order valence-electron chi connectivity index (χ4n) is 10.6. The number of aldehydes is 1. The van der Waals surface area contributed by atoms with Crippen LogP contribution < -0.4 is 16.8 Å². The normalized spacial score (nSPS) is 20.6. The smallest absolute Gasteiger partial charge is 0.410 e. The van der Waals surface area contributed by atoms with Crippen LogP contribution in [0.25, 0.3) is 0 Å². The van der Waals surface area contributed by atoms with Crippen molar-refractivity contribution >= 4 is 82.5 Å². The van der Waals surface area contributed by atoms with E-state index in [1.54, 1.807) is 62.3 Å². The zero-order valence-electron chi connectivity index (χ0n) is 64.7. The number of aliphatic hydroxyl groups excluding tert-OH is 4. The summed E-state index contributed by atoms with van der Waals surface area (Å²) in [7, 11) is 0. The van der Waals surface area contributed by atoms with Gasteiger partial charge in [-0.15, -0.1) is 6.58 Å². The summed E-state index contributed by atoms with van der Waals surface area (Å²) in [5.74, 6) is -0.0675. The molecule has 3 aromatic carbocycles. The number of nitrogens with two attached hydrogens (primary N) is 2. The maximum atomic E-state index is 12.3. The van der Waals surface area contributed by atoms with E-state index < -0.39 is 51.7 Å². The fraction of sp³-hybridized carbons (Fsp3) is 0.627. The molecule has 9 N–H and O–H groups in total. The highest BCUT2D eigenvalue weighted by molar-refractivity contribution is 14.1. The van der Waals surface area contributed by atoms with Crippen LogP contribution in [0.2, 0.25) is 0 Å². The molecule has 0 saturated carbocycles. The summed E-state index contributed by atoms with van der Waals surface area (Å²) in [5.41, 5.74) is 11.0. The number of hydrogen-bond acceptors (Lipinski definition) is 23. The number of carbonyl (C=O) groups is 8. The summed E-state index contributed by atoms with van der Waals surface area (Å²) < 4.78 is 36.1. The van der Waals surface area contributed by atoms with Crippen LogP contribution >= 0.6 is 34.2 Å². The lowest BCUT2D eigenvalue weighted by molar-refractivity contribution is -0.174. The zero-order chi connectivity index (χ0) is 80.3. The van der Waals surface area contributed by atoms with Gasteiger partial charge in [-0.2, -0.15) is 5.06 Å². The van der Waals surface area contributed by atoms with Crippen molar-refractivity contribution in [3.63, 3.8) is 0 Å². The van der Waals surface area contributed by atoms with Crippen LogP contribution in [0.5, 0.6) is 0 Å². The number of fused-ring (bicyclic) bond motifs is 1. The van der Waals surface area contributed by atoms with Crippen LogP contribution in [-0.2, 0) is 56.0 Å². The van der Waals surface area contributed by atoms with E-state index in [1.165, 1.54) is 9.80 Å². The first kappa shape index (κ1) is 94.9. The van der Waals surface area contributed by atoms with Crippen molar-refractivity contribution in [3.05, 3.63) is 120 Å². The Labute approximate surface area is 646 Å². The average molecular weight is 1630 g/mol. The van der Waals surface area contributed by atoms with Crippen molar-refractivity contribution < 1.29 is 98.2 Å². The van der Waals surface area contributed by atoms with Crippen molar-refractivity contribution in [1.82, 2.24) is 34.9 Å². The van der Waals surface area contributed by atoms with E-state index in [4.69, 9.17) is 66.5 Å². The molecule has 106 heavy (non-hydrogen) atoms. The Morgan fingerprint density at radius 2 is 0.943 bits per heavy atom. The summed E-state index contributed by atoms with van der Waals surface area (Å²) in [5, 5.41) is 42.0. The van der Waals surface area contributed by atoms with Gasteiger partial charge in [0.15, 0.2) is 0 Å². The number of amides is 6. The number of nitrogens with one attached hydrogen (secondary N) is 1. The summed E-state index contributed by atoms with van der Waals surface area (Å²) in [6.07, 6.45) is -0.295. The van der Waals surface area contributed by atoms with Crippen LogP contribution in [0, 0.1) is 23.7 Å². The lowest BCUT2D eigenvalue weighted by atomic mass is 10.0. The van der Waals surface area contributed by atoms with Crippen LogP contribution in [0.4, 0.5) is 33.6 Å². The van der Waals surface area contributed by atoms with Crippen molar-refractivity contribution in [2.24, 2.45) is 35.1 Å². The molecule has 0 bridgehead atoms. The molecule has 0 spiro atoms. The van der Waals surface area contributed by atoms with Gasteiger partial charge in [0.25, 0.3) is 0 Å². The van der Waals surface area contributed by atoms with Gasteiger partial charge in [-0.3, -0.25) is 9.74 Å². The standard InChI is InChI=1S/C18H26N2O5.C18H26N2O4.2C10H20N2O3.C10H17NO3.C8H7ClO2.CH3I.H2/c1-18(2,3)25-17(23)20-9-14(11-21)15(10-20)19-16(22)24-12-13-7-5-4-6-8-13;1-18(2,3)24-17(22)19-9-14-12-23-20(15(14)10-19)16(11-21)13-7-5-4-6-8-13;2*1-10(2,3)15-9(14)12-4-7(6-13)8(11)5-12;1-5-6-11(7-8-12)9(13)14-10(2,3)4;9-8(10)11-6-7-4-2-1-3-5-7;1-2;/h4-8,14-15,21H,9-12H2,1-3H3,(H,19,22);4-8,14-16,21H,9-12H2,1-3H3;2*7-8,13H,4-6,11H2,1-3H3;5,8H,1,6-7H2,2-4H3;1-5H,6H2;1H3;1H/t14?,15-;14?,15-,16-;7?,8-;7-,8-;;;;/m0000..../s1. The molecule has 5 aliphatic heterocycles. The first-order valence-electron chi connectivity index (χ1n) is 35.1. The number of halogens is 2. The van der Waals surface area contributed by atoms with Gasteiger partial charge in [0.05, 0.1) is 37.9 Å². The summed E-state index contributed by atoms with van der Waals surface area (Å²) in [4.78, 5) is 107. The maximum Gasteiger partial charge on any atom is 0.410 e. The molecule has 31 heteroatoms. The van der Waals surface area contributed by atoms with E-state index in [2.05, 4.69) is 39.2 Å². The second-order valence-electron chi connectivity index (χ2n) is 30.5. The van der Waals surface area contributed by atoms with E-state index in [0.717, 1.165) is 16.7 Å². The Hall–Kier alpha value is -7.14. The summed E-state index contributed by atoms with van der Waals surface area (Å²) in [6, 6.07) is 27.7. The van der Waals surface area contributed by atoms with E-state index in [9.17, 15) is 48.6 Å². The molecule has 600 valence electrons. The van der Waals surface area contributed by atoms with Crippen molar-refractivity contribution in [2.75, 3.05) is 103 Å². The molecule has 5 heterocycles. The van der Waals surface area contributed by atoms with Gasteiger partial charge in [-0.25, -0.2) is 33.6 Å². The molecule has 6 amide bonds. The molecule has 3 aromatic rings. The molecule has 0 radical (unpaired) electrons. The minimum absolute atomic E-state index is 0. The molecule has 5 aliphatic rings. The number of carbonyl (C=O) groups excluding carboxylic acids is 8. The molecule has 29 nitrogen and oxygen atoms in total. The Kier molecular flexibility index (Phi) is 41.4. The van der Waals surface area contributed by atoms with Crippen molar-refractivity contribution in [1.29, 1.82) is 0 Å². The number of benzene rings is 3. The number of hydrogen-bond donors (Lipinski definition) is 7. The molecule has 9 atom stereocenters. The van der Waals surface area contributed by atoms with E-state index in [1.807, 2.05) is 163 Å². The monoisotopic (exact) mass is 1630 g/mol. The van der Waals surface area contributed by atoms with Crippen LogP contribution in [0.15, 0.2) is 104 Å². The van der Waals surface area contributed by atoms with Crippen LogP contribution in [0.3, 0.4) is 0 Å². The summed E-state index contributed by atoms with van der Waals surface area (Å²) in [6.45, 7) is 35.6. The number of nitrogens with zero attached hydrogens (tertiary/aromatic N) is 6. The van der Waals surface area contributed by atoms with Gasteiger partial charge in [-0.1, -0.05) is 120 Å². The molecule has 3 unspecified atom stereocenters. The Morgan fingerprint density at radius 1 is 0.566 bits per heavy atom. The number of ether oxygens (including phenoxy) is 7. The van der Waals surface area contributed by atoms with Gasteiger partial charge in [0.1, 0.15) is 47.5 Å². The molecular weight excluding hydrogens is 1510 g/mol. The first-order chi connectivity index (χ1) is 49.5. The Bertz CT molecular complexity index is 3070. The second kappa shape index (κ2) is 46.3. The molecule has 5 saturated heterocycles. The Morgan fingerprint density at radius 3 is 1.30 bits per heavy atom. The zero-order valence-corrected chi connectivity index (χ0v) is 67.6. The van der Waals surface area contributed by atoms with Crippen molar-refractivity contribution in [3.8, 4) is 0 Å². The van der Waals surface area contributed by atoms with Gasteiger partial charge in [-0.05, 0) is 125 Å². The highest BCUT2D eigenvalue weighted by Gasteiger charge is 2.48. The third-order valence-electron chi connectivity index (χ3n) is 15.6. The number of aliphatic hydroxyl groups is 4. The number of alkyl carbamates (subject to hydrolysis) is 1. The number of alkyl halides is 1. The van der Waals surface area contributed by atoms with Gasteiger partial charge in [0, 0.05) is 128 Å². The largest absolute Gasteiger partial charge is 0.449 e. The predicted molar refractivity (Wildman–Crippen MR) is 412 cm³/mol. The topological polar surface area (TPSA) is 375 Å². The lowest BCUT2D eigenvalue weighted by Crippen LogP contribution is -2.42. The van der Waals surface area contributed by atoms with Crippen LogP contribution in [-0.4, -0.2) is 254 Å². The first-order valence-corrected chi connectivity index (χ1v) is 37.6. The molecule has 0 aromatic heterocycles. The van der Waals surface area contributed by atoms with E-state index >= 15 is 0 Å². The highest BCUT2D eigenvalue weighted by Crippen LogP contribution is 2.36. The fourth-order valence-corrected chi connectivity index (χ4v) is 10.7. The van der Waals surface area contributed by atoms with E-state index in [-0.39, 0.29) is 126 Å². The minimum atomic E-state index is -0.770. The third kappa shape index (κ3) is 37.1. The summed E-state index contributed by atoms with van der Waals surface area (Å²) >= 11 is 7.12. The molecule has 5 fully saturated rings. The Balaban J connectivity index is 0.000000653. The predicted octanol–water partition coefficient (Wildman–Crippen LogP) is 10.2. The highest BCUT2D eigenvalue weighted by atomic mass is 127. The minimum Gasteiger partial charge on any atom is -0.449 e. The second-order valence-corrected chi connectivity index (χ2v) is 30.8. The lowest BCUT2D eigenvalue weighted by Gasteiger charge is -2.30. The van der Waals surface area contributed by atoms with Gasteiger partial charge >= 0.3 is 42.0 Å². The number of rotatable bonds is 15. The average Bonchev–Trinajstić information content (AvgIpc) is 1.63. The molecule has 0 aliphatic carbocycles. The third-order valence-corrected chi connectivity index (χ3v) is 15.7. The van der Waals surface area contributed by atoms with Crippen molar-refractivity contribution in [2.45, 2.75) is 175 Å². The van der Waals surface area contributed by atoms with Gasteiger partial charge < -0.3 is 94.8 Å². The number of hydroxylamine groups is 2.